The Morgan fingerprint density at radius 1 is 1.58 bits per heavy atom. The van der Waals surface area contributed by atoms with Crippen molar-refractivity contribution in [3.8, 4) is 5.75 Å². The minimum absolute atomic E-state index is 0.0542. The Kier molecular flexibility index (Phi) is 3.51. The van der Waals surface area contributed by atoms with Gasteiger partial charge in [-0.05, 0) is 12.1 Å². The minimum Gasteiger partial charge on any atom is -0.496 e. The maximum atomic E-state index is 11.0. The molecular weight excluding hydrogens is 250 g/mol. The zero-order valence-electron chi connectivity index (χ0n) is 10.2. The number of nitrogens with one attached hydrogen (secondary N) is 2. The van der Waals surface area contributed by atoms with Crippen LogP contribution in [0.15, 0.2) is 24.4 Å². The van der Waals surface area contributed by atoms with E-state index in [-0.39, 0.29) is 5.69 Å². The molecule has 1 heterocycles. The number of methoxy groups -OCH3 is 1. The summed E-state index contributed by atoms with van der Waals surface area (Å²) in [4.78, 5) is 10.5. The average molecular weight is 263 g/mol. The van der Waals surface area contributed by atoms with Crippen molar-refractivity contribution in [1.29, 1.82) is 0 Å². The van der Waals surface area contributed by atoms with Crippen molar-refractivity contribution < 1.29 is 9.66 Å². The van der Waals surface area contributed by atoms with Crippen LogP contribution >= 0.6 is 0 Å². The first kappa shape index (κ1) is 12.7. The molecule has 0 amide bonds. The third kappa shape index (κ3) is 2.73. The van der Waals surface area contributed by atoms with E-state index in [2.05, 4.69) is 15.5 Å². The van der Waals surface area contributed by atoms with Crippen molar-refractivity contribution in [2.75, 3.05) is 18.2 Å². The lowest BCUT2D eigenvalue weighted by Crippen LogP contribution is -2.04. The van der Waals surface area contributed by atoms with Crippen LogP contribution in [0.3, 0.4) is 0 Å². The van der Waals surface area contributed by atoms with Gasteiger partial charge in [-0.1, -0.05) is 0 Å². The number of aromatic amines is 1. The molecule has 0 fully saturated rings. The molecule has 0 atom stereocenters. The first-order valence-electron chi connectivity index (χ1n) is 5.46. The van der Waals surface area contributed by atoms with Crippen LogP contribution in [-0.2, 0) is 6.54 Å². The topological polar surface area (TPSA) is 119 Å². The van der Waals surface area contributed by atoms with E-state index in [1.807, 2.05) is 0 Å². The van der Waals surface area contributed by atoms with E-state index in [9.17, 15) is 10.1 Å². The molecule has 100 valence electrons. The maximum absolute atomic E-state index is 11.0. The van der Waals surface area contributed by atoms with Gasteiger partial charge in [0.1, 0.15) is 17.3 Å². The highest BCUT2D eigenvalue weighted by Gasteiger charge is 2.15. The molecule has 0 unspecified atom stereocenters. The predicted octanol–water partition coefficient (Wildman–Crippen LogP) is 1.52. The van der Waals surface area contributed by atoms with Crippen molar-refractivity contribution in [3.63, 3.8) is 0 Å². The summed E-state index contributed by atoms with van der Waals surface area (Å²) >= 11 is 0. The summed E-state index contributed by atoms with van der Waals surface area (Å²) in [6, 6.07) is 4.60. The van der Waals surface area contributed by atoms with Crippen molar-refractivity contribution in [1.82, 2.24) is 10.2 Å². The number of hydrogen-bond acceptors (Lipinski definition) is 6. The number of nitrogen functional groups attached to an aromatic ring is 1. The standard InChI is InChI=1S/C11H13N5O3/c1-19-8-2-3-9(10(4-8)16(17)18)13-5-7-6-14-15-11(7)12/h2-4,6,13H,5H2,1H3,(H3,12,14,15). The minimum atomic E-state index is -0.469. The normalized spacial score (nSPS) is 10.2. The summed E-state index contributed by atoms with van der Waals surface area (Å²) in [6.07, 6.45) is 1.57. The molecule has 0 aliphatic carbocycles. The average Bonchev–Trinajstić information content (AvgIpc) is 2.81. The first-order chi connectivity index (χ1) is 9.11. The Morgan fingerprint density at radius 2 is 2.37 bits per heavy atom. The second-order valence-corrected chi connectivity index (χ2v) is 3.80. The largest absolute Gasteiger partial charge is 0.496 e. The Balaban J connectivity index is 2.20. The SMILES string of the molecule is COc1ccc(NCc2cn[nH]c2N)c([N+](=O)[O-])c1. The molecule has 2 aromatic rings. The van der Waals surface area contributed by atoms with E-state index in [1.54, 1.807) is 18.3 Å². The van der Waals surface area contributed by atoms with Crippen molar-refractivity contribution in [3.05, 3.63) is 40.1 Å². The lowest BCUT2D eigenvalue weighted by molar-refractivity contribution is -0.384. The molecule has 0 radical (unpaired) electrons. The zero-order chi connectivity index (χ0) is 13.8. The highest BCUT2D eigenvalue weighted by Crippen LogP contribution is 2.29. The third-order valence-corrected chi connectivity index (χ3v) is 2.62. The zero-order valence-corrected chi connectivity index (χ0v) is 10.2. The van der Waals surface area contributed by atoms with Crippen LogP contribution in [0.1, 0.15) is 5.56 Å². The fourth-order valence-electron chi connectivity index (χ4n) is 1.59. The Bertz CT molecular complexity index is 596. The third-order valence-electron chi connectivity index (χ3n) is 2.62. The van der Waals surface area contributed by atoms with Gasteiger partial charge < -0.3 is 15.8 Å². The quantitative estimate of drug-likeness (QED) is 0.555. The lowest BCUT2D eigenvalue weighted by Gasteiger charge is -2.07. The fourth-order valence-corrected chi connectivity index (χ4v) is 1.59. The van der Waals surface area contributed by atoms with E-state index >= 15 is 0 Å². The fraction of sp³-hybridized carbons (Fsp3) is 0.182. The van der Waals surface area contributed by atoms with E-state index in [4.69, 9.17) is 10.5 Å². The van der Waals surface area contributed by atoms with Gasteiger partial charge in [0.25, 0.3) is 5.69 Å². The number of H-pyrrole nitrogens is 1. The van der Waals surface area contributed by atoms with Gasteiger partial charge in [-0.25, -0.2) is 0 Å². The van der Waals surface area contributed by atoms with Gasteiger partial charge in [-0.15, -0.1) is 0 Å². The number of nitro groups is 1. The molecular formula is C11H13N5O3. The van der Waals surface area contributed by atoms with Gasteiger partial charge in [-0.3, -0.25) is 15.2 Å². The van der Waals surface area contributed by atoms with Crippen molar-refractivity contribution in [2.45, 2.75) is 6.54 Å². The predicted molar refractivity (Wildman–Crippen MR) is 70.0 cm³/mol. The first-order valence-corrected chi connectivity index (χ1v) is 5.46. The lowest BCUT2D eigenvalue weighted by atomic mass is 10.2. The molecule has 1 aromatic carbocycles. The smallest absolute Gasteiger partial charge is 0.296 e. The monoisotopic (exact) mass is 263 g/mol. The summed E-state index contributed by atoms with van der Waals surface area (Å²) < 4.78 is 4.96. The van der Waals surface area contributed by atoms with Gasteiger partial charge in [0.15, 0.2) is 0 Å². The molecule has 8 heteroatoms. The van der Waals surface area contributed by atoms with E-state index in [0.29, 0.717) is 23.8 Å². The van der Waals surface area contributed by atoms with Crippen LogP contribution < -0.4 is 15.8 Å². The number of aromatic nitrogens is 2. The summed E-state index contributed by atoms with van der Waals surface area (Å²) in [7, 11) is 1.46. The van der Waals surface area contributed by atoms with Crippen LogP contribution in [-0.4, -0.2) is 22.2 Å². The summed E-state index contributed by atoms with van der Waals surface area (Å²) in [5, 5.41) is 20.3. The van der Waals surface area contributed by atoms with Crippen LogP contribution in [0, 0.1) is 10.1 Å². The van der Waals surface area contributed by atoms with Gasteiger partial charge in [0.2, 0.25) is 0 Å². The number of nitrogens with two attached hydrogens (primary N) is 1. The molecule has 4 N–H and O–H groups in total. The maximum Gasteiger partial charge on any atom is 0.296 e. The molecule has 8 nitrogen and oxygen atoms in total. The Labute approximate surface area is 108 Å². The number of rotatable bonds is 5. The highest BCUT2D eigenvalue weighted by molar-refractivity contribution is 5.64. The van der Waals surface area contributed by atoms with Crippen molar-refractivity contribution in [2.24, 2.45) is 0 Å². The molecule has 0 saturated carbocycles. The van der Waals surface area contributed by atoms with Crippen molar-refractivity contribution >= 4 is 17.2 Å². The van der Waals surface area contributed by atoms with Gasteiger partial charge >= 0.3 is 0 Å². The van der Waals surface area contributed by atoms with Crippen LogP contribution in [0.2, 0.25) is 0 Å². The molecule has 2 rings (SSSR count). The van der Waals surface area contributed by atoms with Crippen LogP contribution in [0.25, 0.3) is 0 Å². The number of nitro benzene ring substituents is 1. The van der Waals surface area contributed by atoms with E-state index in [1.165, 1.54) is 13.2 Å². The van der Waals surface area contributed by atoms with Crippen LogP contribution in [0.5, 0.6) is 5.75 Å². The van der Waals surface area contributed by atoms with Gasteiger partial charge in [0, 0.05) is 12.1 Å². The number of nitrogens with zero attached hydrogens (tertiary/aromatic N) is 2. The van der Waals surface area contributed by atoms with E-state index in [0.717, 1.165) is 5.56 Å². The molecule has 1 aromatic heterocycles. The Hall–Kier alpha value is -2.77. The summed E-state index contributed by atoms with van der Waals surface area (Å²) in [5.41, 5.74) is 6.72. The molecule has 0 aliphatic rings. The summed E-state index contributed by atoms with van der Waals surface area (Å²) in [6.45, 7) is 0.343. The molecule has 0 bridgehead atoms. The molecule has 19 heavy (non-hydrogen) atoms. The van der Waals surface area contributed by atoms with Gasteiger partial charge in [-0.2, -0.15) is 5.10 Å². The van der Waals surface area contributed by atoms with Gasteiger partial charge in [0.05, 0.1) is 24.3 Å². The second kappa shape index (κ2) is 5.25. The van der Waals surface area contributed by atoms with Crippen LogP contribution in [0.4, 0.5) is 17.2 Å². The highest BCUT2D eigenvalue weighted by atomic mass is 16.6. The number of hydrogen-bond donors (Lipinski definition) is 3. The van der Waals surface area contributed by atoms with E-state index < -0.39 is 4.92 Å². The number of ether oxygens (including phenoxy) is 1. The Morgan fingerprint density at radius 3 is 2.95 bits per heavy atom. The molecule has 0 aliphatic heterocycles. The molecule has 0 spiro atoms. The second-order valence-electron chi connectivity index (χ2n) is 3.80. The number of benzene rings is 1. The number of anilines is 2. The molecule has 0 saturated heterocycles. The summed E-state index contributed by atoms with van der Waals surface area (Å²) in [5.74, 6) is 0.865.